The van der Waals surface area contributed by atoms with E-state index < -0.39 is 0 Å². The molecule has 1 aromatic rings. The van der Waals surface area contributed by atoms with Gasteiger partial charge in [-0.25, -0.2) is 5.01 Å². The highest BCUT2D eigenvalue weighted by Gasteiger charge is 2.31. The van der Waals surface area contributed by atoms with Crippen molar-refractivity contribution in [3.05, 3.63) is 29.8 Å². The Labute approximate surface area is 102 Å². The minimum Gasteiger partial charge on any atom is -0.272 e. The first-order valence-corrected chi connectivity index (χ1v) is 5.85. The van der Waals surface area contributed by atoms with Crippen molar-refractivity contribution in [1.29, 1.82) is 0 Å². The molecule has 17 heavy (non-hydrogen) atoms. The third kappa shape index (κ3) is 2.38. The van der Waals surface area contributed by atoms with Crippen LogP contribution in [0.15, 0.2) is 29.4 Å². The molecule has 0 saturated carbocycles. The highest BCUT2D eigenvalue weighted by Crippen LogP contribution is 2.27. The monoisotopic (exact) mass is 230 g/mol. The van der Waals surface area contributed by atoms with E-state index in [2.05, 4.69) is 25.9 Å². The summed E-state index contributed by atoms with van der Waals surface area (Å²) in [5.74, 6) is 0.0544. The van der Waals surface area contributed by atoms with Crippen molar-refractivity contribution in [2.45, 2.75) is 34.1 Å². The standard InChI is InChI=1S/C14H18N2O/c1-10-5-7-11(8-6-10)16-13(17)9-12(15-16)14(2,3)4/h5-8H,9H2,1-4H3. The quantitative estimate of drug-likeness (QED) is 0.729. The first kappa shape index (κ1) is 11.8. The van der Waals surface area contributed by atoms with Gasteiger partial charge in [0.2, 0.25) is 0 Å². The third-order valence-electron chi connectivity index (χ3n) is 2.92. The van der Waals surface area contributed by atoms with Crippen molar-refractivity contribution in [3.63, 3.8) is 0 Å². The lowest BCUT2D eigenvalue weighted by molar-refractivity contribution is -0.116. The van der Waals surface area contributed by atoms with Gasteiger partial charge in [0.1, 0.15) is 0 Å². The number of rotatable bonds is 1. The van der Waals surface area contributed by atoms with Crippen molar-refractivity contribution < 1.29 is 4.79 Å². The molecule has 1 amide bonds. The average molecular weight is 230 g/mol. The molecule has 2 rings (SSSR count). The lowest BCUT2D eigenvalue weighted by atomic mass is 9.88. The molecule has 0 aromatic heterocycles. The van der Waals surface area contributed by atoms with E-state index in [1.807, 2.05) is 31.2 Å². The molecule has 0 spiro atoms. The Morgan fingerprint density at radius 1 is 1.18 bits per heavy atom. The second kappa shape index (κ2) is 3.99. The zero-order chi connectivity index (χ0) is 12.6. The van der Waals surface area contributed by atoms with Gasteiger partial charge in [0.25, 0.3) is 5.91 Å². The third-order valence-corrected chi connectivity index (χ3v) is 2.92. The molecule has 1 heterocycles. The zero-order valence-corrected chi connectivity index (χ0v) is 10.8. The number of carbonyl (C=O) groups is 1. The summed E-state index contributed by atoms with van der Waals surface area (Å²) in [7, 11) is 0. The van der Waals surface area contributed by atoms with Crippen LogP contribution in [-0.4, -0.2) is 11.6 Å². The molecule has 3 nitrogen and oxygen atoms in total. The smallest absolute Gasteiger partial charge is 0.253 e. The topological polar surface area (TPSA) is 32.7 Å². The molecule has 1 aliphatic heterocycles. The van der Waals surface area contributed by atoms with Crippen LogP contribution >= 0.6 is 0 Å². The molecule has 0 radical (unpaired) electrons. The number of anilines is 1. The lowest BCUT2D eigenvalue weighted by Crippen LogP contribution is -2.20. The number of carbonyl (C=O) groups excluding carboxylic acids is 1. The van der Waals surface area contributed by atoms with Crippen LogP contribution in [0.3, 0.4) is 0 Å². The maximum Gasteiger partial charge on any atom is 0.253 e. The second-order valence-electron chi connectivity index (χ2n) is 5.51. The molecule has 0 fully saturated rings. The summed E-state index contributed by atoms with van der Waals surface area (Å²) in [6.07, 6.45) is 0.428. The van der Waals surface area contributed by atoms with E-state index in [1.165, 1.54) is 10.6 Å². The van der Waals surface area contributed by atoms with Gasteiger partial charge in [0.15, 0.2) is 0 Å². The Kier molecular flexibility index (Phi) is 2.77. The van der Waals surface area contributed by atoms with Gasteiger partial charge in [0.05, 0.1) is 17.8 Å². The summed E-state index contributed by atoms with van der Waals surface area (Å²) >= 11 is 0. The van der Waals surface area contributed by atoms with Crippen LogP contribution in [0.25, 0.3) is 0 Å². The Balaban J connectivity index is 2.31. The second-order valence-corrected chi connectivity index (χ2v) is 5.51. The fourth-order valence-corrected chi connectivity index (χ4v) is 1.73. The average Bonchev–Trinajstić information content (AvgIpc) is 2.61. The summed E-state index contributed by atoms with van der Waals surface area (Å²) in [4.78, 5) is 11.9. The maximum atomic E-state index is 11.9. The number of hydrogen-bond acceptors (Lipinski definition) is 2. The molecule has 0 bridgehead atoms. The van der Waals surface area contributed by atoms with Gasteiger partial charge in [-0.1, -0.05) is 38.5 Å². The number of hydrazone groups is 1. The summed E-state index contributed by atoms with van der Waals surface area (Å²) in [6.45, 7) is 8.27. The summed E-state index contributed by atoms with van der Waals surface area (Å²) in [5.41, 5.74) is 2.93. The van der Waals surface area contributed by atoms with E-state index in [9.17, 15) is 4.79 Å². The molecule has 0 atom stereocenters. The Bertz CT molecular complexity index is 466. The Morgan fingerprint density at radius 2 is 1.76 bits per heavy atom. The zero-order valence-electron chi connectivity index (χ0n) is 10.8. The lowest BCUT2D eigenvalue weighted by Gasteiger charge is -2.16. The SMILES string of the molecule is Cc1ccc(N2N=C(C(C)(C)C)CC2=O)cc1. The molecule has 0 saturated heterocycles. The predicted octanol–water partition coefficient (Wildman–Crippen LogP) is 3.13. The normalized spacial score (nSPS) is 16.4. The summed E-state index contributed by atoms with van der Waals surface area (Å²) in [5, 5.41) is 5.95. The first-order chi connectivity index (χ1) is 7.88. The fraction of sp³-hybridized carbons (Fsp3) is 0.429. The first-order valence-electron chi connectivity index (χ1n) is 5.85. The van der Waals surface area contributed by atoms with Crippen LogP contribution in [0.1, 0.15) is 32.8 Å². The van der Waals surface area contributed by atoms with Gasteiger partial charge in [-0.05, 0) is 19.1 Å². The van der Waals surface area contributed by atoms with E-state index in [4.69, 9.17) is 0 Å². The molecule has 90 valence electrons. The highest BCUT2D eigenvalue weighted by molar-refractivity contribution is 6.14. The van der Waals surface area contributed by atoms with Crippen molar-refractivity contribution in [2.75, 3.05) is 5.01 Å². The number of nitrogens with zero attached hydrogens (tertiary/aromatic N) is 2. The van der Waals surface area contributed by atoms with E-state index in [0.717, 1.165) is 11.4 Å². The number of benzene rings is 1. The Morgan fingerprint density at radius 3 is 2.24 bits per heavy atom. The highest BCUT2D eigenvalue weighted by atomic mass is 16.2. The van der Waals surface area contributed by atoms with Crippen molar-refractivity contribution >= 4 is 17.3 Å². The van der Waals surface area contributed by atoms with Crippen LogP contribution in [-0.2, 0) is 4.79 Å². The molecular formula is C14H18N2O. The fourth-order valence-electron chi connectivity index (χ4n) is 1.73. The van der Waals surface area contributed by atoms with E-state index in [1.54, 1.807) is 0 Å². The van der Waals surface area contributed by atoms with Crippen LogP contribution in [0, 0.1) is 12.3 Å². The van der Waals surface area contributed by atoms with Crippen LogP contribution < -0.4 is 5.01 Å². The predicted molar refractivity (Wildman–Crippen MR) is 70.2 cm³/mol. The van der Waals surface area contributed by atoms with Gasteiger partial charge in [0, 0.05) is 5.41 Å². The molecule has 0 aliphatic carbocycles. The number of hydrogen-bond donors (Lipinski definition) is 0. The molecule has 0 unspecified atom stereocenters. The van der Waals surface area contributed by atoms with Gasteiger partial charge >= 0.3 is 0 Å². The van der Waals surface area contributed by atoms with E-state index in [0.29, 0.717) is 6.42 Å². The maximum absolute atomic E-state index is 11.9. The number of aryl methyl sites for hydroxylation is 1. The Hall–Kier alpha value is -1.64. The van der Waals surface area contributed by atoms with Crippen molar-refractivity contribution in [1.82, 2.24) is 0 Å². The van der Waals surface area contributed by atoms with Gasteiger partial charge < -0.3 is 0 Å². The van der Waals surface area contributed by atoms with Crippen molar-refractivity contribution in [2.24, 2.45) is 10.5 Å². The molecular weight excluding hydrogens is 212 g/mol. The number of amides is 1. The molecule has 3 heteroatoms. The molecule has 1 aliphatic rings. The van der Waals surface area contributed by atoms with Gasteiger partial charge in [-0.3, -0.25) is 4.79 Å². The van der Waals surface area contributed by atoms with Crippen LogP contribution in [0.2, 0.25) is 0 Å². The molecule has 1 aromatic carbocycles. The van der Waals surface area contributed by atoms with Crippen molar-refractivity contribution in [3.8, 4) is 0 Å². The van der Waals surface area contributed by atoms with Crippen LogP contribution in [0.5, 0.6) is 0 Å². The van der Waals surface area contributed by atoms with E-state index in [-0.39, 0.29) is 11.3 Å². The van der Waals surface area contributed by atoms with Gasteiger partial charge in [-0.2, -0.15) is 5.10 Å². The largest absolute Gasteiger partial charge is 0.272 e. The minimum absolute atomic E-state index is 0.0465. The van der Waals surface area contributed by atoms with Crippen LogP contribution in [0.4, 0.5) is 5.69 Å². The summed E-state index contributed by atoms with van der Waals surface area (Å²) in [6, 6.07) is 7.85. The summed E-state index contributed by atoms with van der Waals surface area (Å²) < 4.78 is 0. The molecule has 0 N–H and O–H groups in total. The van der Waals surface area contributed by atoms with E-state index >= 15 is 0 Å². The van der Waals surface area contributed by atoms with Gasteiger partial charge in [-0.15, -0.1) is 0 Å². The minimum atomic E-state index is -0.0465.